The number of carbonyl (C=O) groups is 3. The summed E-state index contributed by atoms with van der Waals surface area (Å²) in [7, 11) is 0. The van der Waals surface area contributed by atoms with Gasteiger partial charge in [0.25, 0.3) is 5.91 Å². The molecule has 1 fully saturated rings. The molecule has 2 aromatic rings. The third-order valence-electron chi connectivity index (χ3n) is 5.65. The van der Waals surface area contributed by atoms with Crippen LogP contribution in [0.4, 0.5) is 4.79 Å². The van der Waals surface area contributed by atoms with Crippen molar-refractivity contribution < 1.29 is 14.4 Å². The Labute approximate surface area is 184 Å². The maximum absolute atomic E-state index is 13.6. The number of benzene rings is 2. The fourth-order valence-electron chi connectivity index (χ4n) is 4.02. The summed E-state index contributed by atoms with van der Waals surface area (Å²) in [6.45, 7) is 5.99. The molecule has 2 aromatic carbocycles. The molecule has 2 N–H and O–H groups in total. The zero-order chi connectivity index (χ0) is 22.4. The van der Waals surface area contributed by atoms with Gasteiger partial charge in [-0.2, -0.15) is 0 Å². The highest BCUT2D eigenvalue weighted by atomic mass is 16.2. The van der Waals surface area contributed by atoms with Crippen LogP contribution in [-0.2, 0) is 15.1 Å². The molecule has 4 amide bonds. The van der Waals surface area contributed by atoms with Crippen molar-refractivity contribution in [2.24, 2.45) is 5.92 Å². The molecule has 0 spiro atoms. The lowest BCUT2D eigenvalue weighted by atomic mass is 9.82. The lowest BCUT2D eigenvalue weighted by Crippen LogP contribution is -2.46. The standard InChI is InChI=1S/C25H31N3O3/c1-18(2)11-10-12-19(3)26-22(29)17-28-23(30)25(27-24(28)31,20-13-6-4-7-14-20)21-15-8-5-9-16-21/h4-9,13-16,18-19H,10-12,17H2,1-3H3,(H,26,29)(H,27,31)/t19-/m1/s1. The second-order valence-electron chi connectivity index (χ2n) is 8.60. The Hall–Kier alpha value is -3.15. The maximum atomic E-state index is 13.6. The molecule has 164 valence electrons. The molecule has 0 saturated carbocycles. The molecule has 6 heteroatoms. The predicted molar refractivity (Wildman–Crippen MR) is 120 cm³/mol. The van der Waals surface area contributed by atoms with E-state index in [1.165, 1.54) is 0 Å². The van der Waals surface area contributed by atoms with E-state index in [0.29, 0.717) is 17.0 Å². The summed E-state index contributed by atoms with van der Waals surface area (Å²) in [4.78, 5) is 40.0. The van der Waals surface area contributed by atoms with Gasteiger partial charge in [-0.15, -0.1) is 0 Å². The third kappa shape index (κ3) is 4.95. The average molecular weight is 422 g/mol. The highest BCUT2D eigenvalue weighted by Gasteiger charge is 2.54. The van der Waals surface area contributed by atoms with Crippen LogP contribution in [0.15, 0.2) is 60.7 Å². The summed E-state index contributed by atoms with van der Waals surface area (Å²) in [6, 6.07) is 17.7. The van der Waals surface area contributed by atoms with Crippen molar-refractivity contribution in [2.75, 3.05) is 6.54 Å². The van der Waals surface area contributed by atoms with Gasteiger partial charge in [-0.05, 0) is 30.4 Å². The number of nitrogens with one attached hydrogen (secondary N) is 2. The van der Waals surface area contributed by atoms with E-state index in [0.717, 1.165) is 24.2 Å². The van der Waals surface area contributed by atoms with Crippen LogP contribution in [0.2, 0.25) is 0 Å². The van der Waals surface area contributed by atoms with E-state index >= 15 is 0 Å². The van der Waals surface area contributed by atoms with Crippen LogP contribution in [0.1, 0.15) is 51.2 Å². The monoisotopic (exact) mass is 421 g/mol. The van der Waals surface area contributed by atoms with E-state index < -0.39 is 17.5 Å². The van der Waals surface area contributed by atoms with Crippen molar-refractivity contribution in [1.82, 2.24) is 15.5 Å². The molecule has 1 atom stereocenters. The van der Waals surface area contributed by atoms with Gasteiger partial charge in [-0.25, -0.2) is 4.79 Å². The number of hydrogen-bond donors (Lipinski definition) is 2. The molecule has 0 aromatic heterocycles. The number of urea groups is 1. The van der Waals surface area contributed by atoms with E-state index in [4.69, 9.17) is 0 Å². The third-order valence-corrected chi connectivity index (χ3v) is 5.65. The summed E-state index contributed by atoms with van der Waals surface area (Å²) in [5, 5.41) is 5.78. The lowest BCUT2D eigenvalue weighted by molar-refractivity contribution is -0.134. The van der Waals surface area contributed by atoms with Gasteiger partial charge in [0.2, 0.25) is 5.91 Å². The van der Waals surface area contributed by atoms with Gasteiger partial charge in [0.15, 0.2) is 5.54 Å². The summed E-state index contributed by atoms with van der Waals surface area (Å²) in [6.07, 6.45) is 2.99. The molecule has 6 nitrogen and oxygen atoms in total. The van der Waals surface area contributed by atoms with E-state index in [2.05, 4.69) is 24.5 Å². The van der Waals surface area contributed by atoms with Crippen LogP contribution in [-0.4, -0.2) is 35.3 Å². The first kappa shape index (κ1) is 22.5. The van der Waals surface area contributed by atoms with E-state index in [1.807, 2.05) is 67.6 Å². The van der Waals surface area contributed by atoms with Crippen molar-refractivity contribution in [3.05, 3.63) is 71.8 Å². The smallest absolute Gasteiger partial charge is 0.326 e. The lowest BCUT2D eigenvalue weighted by Gasteiger charge is -2.28. The van der Waals surface area contributed by atoms with E-state index in [9.17, 15) is 14.4 Å². The number of amides is 4. The fourth-order valence-corrected chi connectivity index (χ4v) is 4.02. The largest absolute Gasteiger partial charge is 0.352 e. The number of imide groups is 1. The molecule has 3 rings (SSSR count). The number of nitrogens with zero attached hydrogens (tertiary/aromatic N) is 1. The zero-order valence-electron chi connectivity index (χ0n) is 18.4. The summed E-state index contributed by atoms with van der Waals surface area (Å²) < 4.78 is 0. The van der Waals surface area contributed by atoms with E-state index in [1.54, 1.807) is 0 Å². The van der Waals surface area contributed by atoms with Gasteiger partial charge in [0.05, 0.1) is 0 Å². The van der Waals surface area contributed by atoms with Gasteiger partial charge in [-0.3, -0.25) is 14.5 Å². The molecule has 0 aliphatic carbocycles. The van der Waals surface area contributed by atoms with Gasteiger partial charge in [0.1, 0.15) is 6.54 Å². The van der Waals surface area contributed by atoms with Gasteiger partial charge >= 0.3 is 6.03 Å². The Morgan fingerprint density at radius 3 is 2.00 bits per heavy atom. The molecule has 0 unspecified atom stereocenters. The normalized spacial score (nSPS) is 16.3. The van der Waals surface area contributed by atoms with Crippen molar-refractivity contribution in [1.29, 1.82) is 0 Å². The van der Waals surface area contributed by atoms with Crippen LogP contribution in [0.25, 0.3) is 0 Å². The van der Waals surface area contributed by atoms with Crippen molar-refractivity contribution in [2.45, 2.75) is 51.6 Å². The number of carbonyl (C=O) groups excluding carboxylic acids is 3. The second kappa shape index (κ2) is 9.77. The maximum Gasteiger partial charge on any atom is 0.326 e. The molecule has 0 bridgehead atoms. The van der Waals surface area contributed by atoms with Gasteiger partial charge in [-0.1, -0.05) is 87.4 Å². The molecule has 1 heterocycles. The van der Waals surface area contributed by atoms with Gasteiger partial charge < -0.3 is 10.6 Å². The number of rotatable bonds is 9. The predicted octanol–water partition coefficient (Wildman–Crippen LogP) is 3.81. The highest BCUT2D eigenvalue weighted by molar-refractivity contribution is 6.11. The molecule has 1 aliphatic rings. The summed E-state index contributed by atoms with van der Waals surface area (Å²) in [5.74, 6) is -0.159. The van der Waals surface area contributed by atoms with Crippen LogP contribution in [0.3, 0.4) is 0 Å². The zero-order valence-corrected chi connectivity index (χ0v) is 18.4. The molecule has 0 radical (unpaired) electrons. The first-order valence-corrected chi connectivity index (χ1v) is 10.9. The second-order valence-corrected chi connectivity index (χ2v) is 8.60. The minimum Gasteiger partial charge on any atom is -0.352 e. The first-order chi connectivity index (χ1) is 14.8. The van der Waals surface area contributed by atoms with E-state index in [-0.39, 0.29) is 18.5 Å². The van der Waals surface area contributed by atoms with Crippen molar-refractivity contribution in [3.63, 3.8) is 0 Å². The Morgan fingerprint density at radius 2 is 1.48 bits per heavy atom. The van der Waals surface area contributed by atoms with Crippen LogP contribution in [0, 0.1) is 5.92 Å². The topological polar surface area (TPSA) is 78.5 Å². The highest BCUT2D eigenvalue weighted by Crippen LogP contribution is 2.35. The summed E-state index contributed by atoms with van der Waals surface area (Å²) in [5.41, 5.74) is -0.0306. The first-order valence-electron chi connectivity index (χ1n) is 10.9. The van der Waals surface area contributed by atoms with Crippen molar-refractivity contribution >= 4 is 17.8 Å². The Balaban J connectivity index is 1.77. The van der Waals surface area contributed by atoms with Crippen LogP contribution < -0.4 is 10.6 Å². The van der Waals surface area contributed by atoms with Crippen LogP contribution >= 0.6 is 0 Å². The van der Waals surface area contributed by atoms with Crippen molar-refractivity contribution in [3.8, 4) is 0 Å². The minimum absolute atomic E-state index is 0.0139. The quantitative estimate of drug-likeness (QED) is 0.604. The minimum atomic E-state index is -1.34. The average Bonchev–Trinajstić information content (AvgIpc) is 3.00. The summed E-state index contributed by atoms with van der Waals surface area (Å²) >= 11 is 0. The Morgan fingerprint density at radius 1 is 0.935 bits per heavy atom. The molecular weight excluding hydrogens is 390 g/mol. The molecule has 1 aliphatic heterocycles. The van der Waals surface area contributed by atoms with Gasteiger partial charge in [0, 0.05) is 6.04 Å². The molecule has 1 saturated heterocycles. The molecular formula is C25H31N3O3. The fraction of sp³-hybridized carbons (Fsp3) is 0.400. The van der Waals surface area contributed by atoms with Crippen LogP contribution in [0.5, 0.6) is 0 Å². The Kier molecular flexibility index (Phi) is 7.10. The Bertz CT molecular complexity index is 873. The SMILES string of the molecule is CC(C)CCC[C@@H](C)NC(=O)CN1C(=O)NC(c2ccccc2)(c2ccccc2)C1=O. The molecule has 31 heavy (non-hydrogen) atoms. The number of hydrogen-bond acceptors (Lipinski definition) is 3.